The van der Waals surface area contributed by atoms with Crippen LogP contribution >= 0.6 is 11.6 Å². The second-order valence-corrected chi connectivity index (χ2v) is 5.56. The molecule has 86 valence electrons. The Bertz CT molecular complexity index is 434. The van der Waals surface area contributed by atoms with Crippen LogP contribution in [0.2, 0.25) is 5.02 Å². The zero-order valence-corrected chi connectivity index (χ0v) is 10.6. The van der Waals surface area contributed by atoms with Gasteiger partial charge in [-0.05, 0) is 38.8 Å². The fourth-order valence-corrected chi connectivity index (χ4v) is 2.40. The molecule has 0 saturated carbocycles. The average Bonchev–Trinajstić information content (AvgIpc) is 2.16. The summed E-state index contributed by atoms with van der Waals surface area (Å²) in [5.41, 5.74) is 1.61. The number of carbonyl (C=O) groups excluding carboxylic acids is 1. The zero-order valence-electron chi connectivity index (χ0n) is 9.88. The molecule has 0 unspecified atom stereocenters. The highest BCUT2D eigenvalue weighted by molar-refractivity contribution is 6.34. The van der Waals surface area contributed by atoms with Crippen LogP contribution in [0.15, 0.2) is 18.2 Å². The van der Waals surface area contributed by atoms with E-state index in [-0.39, 0.29) is 11.4 Å². The third-order valence-electron chi connectivity index (χ3n) is 2.97. The number of rotatable bonds is 0. The van der Waals surface area contributed by atoms with E-state index in [4.69, 9.17) is 11.6 Å². The van der Waals surface area contributed by atoms with Crippen molar-refractivity contribution in [3.8, 4) is 0 Å². The van der Waals surface area contributed by atoms with E-state index in [1.807, 2.05) is 37.8 Å². The lowest BCUT2D eigenvalue weighted by atomic mass is 9.94. The Kier molecular flexibility index (Phi) is 2.70. The molecule has 3 heteroatoms. The predicted octanol–water partition coefficient (Wildman–Crippen LogP) is 3.14. The third kappa shape index (κ3) is 1.82. The van der Waals surface area contributed by atoms with Crippen molar-refractivity contribution in [2.75, 3.05) is 6.54 Å². The van der Waals surface area contributed by atoms with Crippen LogP contribution in [0.5, 0.6) is 0 Å². The Hall–Kier alpha value is -1.02. The van der Waals surface area contributed by atoms with E-state index < -0.39 is 0 Å². The van der Waals surface area contributed by atoms with E-state index in [1.54, 1.807) is 6.07 Å². The molecule has 1 amide bonds. The van der Waals surface area contributed by atoms with E-state index in [9.17, 15) is 4.79 Å². The minimum atomic E-state index is -0.145. The molecule has 0 fully saturated rings. The molecule has 1 heterocycles. The summed E-state index contributed by atoms with van der Waals surface area (Å²) < 4.78 is 0. The number of amides is 1. The fourth-order valence-electron chi connectivity index (χ4n) is 2.13. The first kappa shape index (κ1) is 11.5. The topological polar surface area (TPSA) is 20.3 Å². The average molecular weight is 238 g/mol. The number of hydrogen-bond donors (Lipinski definition) is 0. The largest absolute Gasteiger partial charge is 0.333 e. The van der Waals surface area contributed by atoms with Gasteiger partial charge in [0.2, 0.25) is 0 Å². The molecule has 2 rings (SSSR count). The number of carbonyl (C=O) groups is 1. The smallest absolute Gasteiger partial charge is 0.256 e. The van der Waals surface area contributed by atoms with Crippen LogP contribution in [0.1, 0.15) is 36.7 Å². The van der Waals surface area contributed by atoms with Crippen molar-refractivity contribution in [3.63, 3.8) is 0 Å². The van der Waals surface area contributed by atoms with Gasteiger partial charge in [-0.15, -0.1) is 0 Å². The highest BCUT2D eigenvalue weighted by Crippen LogP contribution is 2.29. The zero-order chi connectivity index (χ0) is 11.9. The minimum Gasteiger partial charge on any atom is -0.333 e. The van der Waals surface area contributed by atoms with E-state index in [1.165, 1.54) is 0 Å². The highest BCUT2D eigenvalue weighted by atomic mass is 35.5. The molecule has 1 aromatic rings. The van der Waals surface area contributed by atoms with Gasteiger partial charge in [0, 0.05) is 12.1 Å². The van der Waals surface area contributed by atoms with Crippen LogP contribution in [0.4, 0.5) is 0 Å². The molecule has 1 aliphatic rings. The van der Waals surface area contributed by atoms with Crippen LogP contribution in [0.25, 0.3) is 0 Å². The minimum absolute atomic E-state index is 0.0550. The molecule has 0 aromatic heterocycles. The van der Waals surface area contributed by atoms with Gasteiger partial charge in [-0.1, -0.05) is 23.7 Å². The van der Waals surface area contributed by atoms with Crippen molar-refractivity contribution >= 4 is 17.5 Å². The van der Waals surface area contributed by atoms with Gasteiger partial charge in [-0.25, -0.2) is 0 Å². The molecule has 0 spiro atoms. The number of fused-ring (bicyclic) bond motifs is 1. The van der Waals surface area contributed by atoms with Crippen molar-refractivity contribution < 1.29 is 4.79 Å². The van der Waals surface area contributed by atoms with Crippen molar-refractivity contribution in [1.29, 1.82) is 0 Å². The summed E-state index contributed by atoms with van der Waals surface area (Å²) in [5, 5.41) is 0.566. The van der Waals surface area contributed by atoms with E-state index in [0.717, 1.165) is 18.5 Å². The van der Waals surface area contributed by atoms with Crippen LogP contribution in [0, 0.1) is 0 Å². The summed E-state index contributed by atoms with van der Waals surface area (Å²) in [6, 6.07) is 5.67. The normalized spacial score (nSPS) is 16.2. The maximum absolute atomic E-state index is 12.3. The monoisotopic (exact) mass is 237 g/mol. The summed E-state index contributed by atoms with van der Waals surface area (Å²) >= 11 is 6.10. The highest BCUT2D eigenvalue weighted by Gasteiger charge is 2.32. The molecule has 1 aliphatic heterocycles. The van der Waals surface area contributed by atoms with Gasteiger partial charge in [0.05, 0.1) is 10.6 Å². The lowest BCUT2D eigenvalue weighted by molar-refractivity contribution is 0.0562. The Balaban J connectivity index is 2.47. The van der Waals surface area contributed by atoms with Gasteiger partial charge in [-0.3, -0.25) is 4.79 Å². The maximum Gasteiger partial charge on any atom is 0.256 e. The predicted molar refractivity (Wildman–Crippen MR) is 65.9 cm³/mol. The lowest BCUT2D eigenvalue weighted by Gasteiger charge is -2.39. The van der Waals surface area contributed by atoms with E-state index in [0.29, 0.717) is 10.6 Å². The van der Waals surface area contributed by atoms with Crippen molar-refractivity contribution in [3.05, 3.63) is 34.3 Å². The lowest BCUT2D eigenvalue weighted by Crippen LogP contribution is -2.49. The van der Waals surface area contributed by atoms with Gasteiger partial charge < -0.3 is 4.90 Å². The second kappa shape index (κ2) is 3.77. The molecule has 0 N–H and O–H groups in total. The van der Waals surface area contributed by atoms with Crippen LogP contribution in [-0.2, 0) is 6.42 Å². The summed E-state index contributed by atoms with van der Waals surface area (Å²) in [5.74, 6) is 0.0550. The fraction of sp³-hybridized carbons (Fsp3) is 0.462. The Morgan fingerprint density at radius 1 is 1.31 bits per heavy atom. The van der Waals surface area contributed by atoms with E-state index in [2.05, 4.69) is 0 Å². The molecule has 0 radical (unpaired) electrons. The Morgan fingerprint density at radius 3 is 2.62 bits per heavy atom. The van der Waals surface area contributed by atoms with Crippen molar-refractivity contribution in [2.45, 2.75) is 32.7 Å². The maximum atomic E-state index is 12.3. The van der Waals surface area contributed by atoms with Gasteiger partial charge in [0.25, 0.3) is 5.91 Å². The van der Waals surface area contributed by atoms with E-state index >= 15 is 0 Å². The summed E-state index contributed by atoms with van der Waals surface area (Å²) in [6.45, 7) is 6.92. The van der Waals surface area contributed by atoms with Gasteiger partial charge in [0.1, 0.15) is 0 Å². The number of halogens is 1. The first-order valence-corrected chi connectivity index (χ1v) is 5.88. The molecular weight excluding hydrogens is 222 g/mol. The molecule has 0 atom stereocenters. The Labute approximate surface area is 101 Å². The standard InChI is InChI=1S/C13H16ClNO/c1-13(2,3)15-8-7-9-5-4-6-10(14)11(9)12(15)16/h4-6H,7-8H2,1-3H3. The summed E-state index contributed by atoms with van der Waals surface area (Å²) in [7, 11) is 0. The summed E-state index contributed by atoms with van der Waals surface area (Å²) in [6.07, 6.45) is 0.888. The van der Waals surface area contributed by atoms with Gasteiger partial charge >= 0.3 is 0 Å². The molecule has 2 nitrogen and oxygen atoms in total. The first-order valence-electron chi connectivity index (χ1n) is 5.50. The molecular formula is C13H16ClNO. The van der Waals surface area contributed by atoms with Gasteiger partial charge in [0.15, 0.2) is 0 Å². The van der Waals surface area contributed by atoms with Crippen LogP contribution < -0.4 is 0 Å². The Morgan fingerprint density at radius 2 is 2.00 bits per heavy atom. The van der Waals surface area contributed by atoms with Crippen molar-refractivity contribution in [2.24, 2.45) is 0 Å². The van der Waals surface area contributed by atoms with Crippen LogP contribution in [-0.4, -0.2) is 22.9 Å². The SMILES string of the molecule is CC(C)(C)N1CCc2cccc(Cl)c2C1=O. The number of nitrogens with zero attached hydrogens (tertiary/aromatic N) is 1. The summed E-state index contributed by atoms with van der Waals surface area (Å²) in [4.78, 5) is 14.2. The molecule has 0 bridgehead atoms. The third-order valence-corrected chi connectivity index (χ3v) is 3.29. The molecule has 1 aromatic carbocycles. The molecule has 16 heavy (non-hydrogen) atoms. The van der Waals surface area contributed by atoms with Crippen LogP contribution in [0.3, 0.4) is 0 Å². The quantitative estimate of drug-likeness (QED) is 0.679. The number of benzene rings is 1. The molecule has 0 aliphatic carbocycles. The first-order chi connectivity index (χ1) is 7.41. The van der Waals surface area contributed by atoms with Crippen molar-refractivity contribution in [1.82, 2.24) is 4.90 Å². The molecule has 0 saturated heterocycles. The second-order valence-electron chi connectivity index (χ2n) is 5.15. The number of hydrogen-bond acceptors (Lipinski definition) is 1. The van der Waals surface area contributed by atoms with Gasteiger partial charge in [-0.2, -0.15) is 0 Å².